The largest absolute Gasteiger partial charge is 0.497 e. The molecular weight excluding hydrogens is 326 g/mol. The summed E-state index contributed by atoms with van der Waals surface area (Å²) in [6, 6.07) is 3.63. The van der Waals surface area contributed by atoms with Gasteiger partial charge in [0.1, 0.15) is 11.5 Å². The molecule has 0 saturated heterocycles. The van der Waals surface area contributed by atoms with Gasteiger partial charge in [-0.2, -0.15) is 5.10 Å². The lowest BCUT2D eigenvalue weighted by Gasteiger charge is -2.11. The van der Waals surface area contributed by atoms with Crippen LogP contribution in [0.5, 0.6) is 11.5 Å². The second-order valence-corrected chi connectivity index (χ2v) is 6.31. The van der Waals surface area contributed by atoms with E-state index < -0.39 is 0 Å². The van der Waals surface area contributed by atoms with Crippen LogP contribution in [0.3, 0.4) is 0 Å². The van der Waals surface area contributed by atoms with Crippen LogP contribution in [-0.2, 0) is 6.54 Å². The van der Waals surface area contributed by atoms with Gasteiger partial charge >= 0.3 is 0 Å². The van der Waals surface area contributed by atoms with Crippen LogP contribution in [0.25, 0.3) is 11.4 Å². The number of allylic oxidation sites excluding steroid dienone is 1. The summed E-state index contributed by atoms with van der Waals surface area (Å²) >= 11 is 6.53. The lowest BCUT2D eigenvalue weighted by atomic mass is 10.1. The standard InChI is InChI=1S/C18H22ClN3O2/c1-4-9-22-18(20-17(21-22)12-7-5-6-8-12)14-10-13(23-2)11-15(24-3)16(14)19/h4,10-12H,1,5-9H2,2-3H3. The highest BCUT2D eigenvalue weighted by molar-refractivity contribution is 6.34. The normalized spacial score (nSPS) is 14.8. The third-order valence-corrected chi connectivity index (χ3v) is 4.81. The van der Waals surface area contributed by atoms with Gasteiger partial charge in [0.15, 0.2) is 11.6 Å². The zero-order chi connectivity index (χ0) is 17.1. The van der Waals surface area contributed by atoms with Crippen molar-refractivity contribution in [2.24, 2.45) is 0 Å². The third kappa shape index (κ3) is 3.13. The van der Waals surface area contributed by atoms with Crippen molar-refractivity contribution in [3.05, 3.63) is 35.6 Å². The van der Waals surface area contributed by atoms with Crippen LogP contribution in [0.15, 0.2) is 24.8 Å². The van der Waals surface area contributed by atoms with E-state index in [9.17, 15) is 0 Å². The molecule has 1 aliphatic carbocycles. The van der Waals surface area contributed by atoms with Crippen LogP contribution in [0.4, 0.5) is 0 Å². The molecule has 0 unspecified atom stereocenters. The molecule has 1 aromatic carbocycles. The maximum absolute atomic E-state index is 6.53. The average Bonchev–Trinajstić information content (AvgIpc) is 3.25. The Morgan fingerprint density at radius 3 is 2.67 bits per heavy atom. The minimum Gasteiger partial charge on any atom is -0.497 e. The number of aromatic nitrogens is 3. The Labute approximate surface area is 147 Å². The van der Waals surface area contributed by atoms with Gasteiger partial charge in [0.05, 0.1) is 25.8 Å². The van der Waals surface area contributed by atoms with Gasteiger partial charge in [0.25, 0.3) is 0 Å². The highest BCUT2D eigenvalue weighted by atomic mass is 35.5. The van der Waals surface area contributed by atoms with Crippen molar-refractivity contribution in [1.82, 2.24) is 14.8 Å². The maximum Gasteiger partial charge on any atom is 0.160 e. The number of benzene rings is 1. The van der Waals surface area contributed by atoms with Gasteiger partial charge in [0, 0.05) is 17.5 Å². The highest BCUT2D eigenvalue weighted by Crippen LogP contribution is 2.40. The second kappa shape index (κ2) is 7.26. The van der Waals surface area contributed by atoms with E-state index in [2.05, 4.69) is 6.58 Å². The van der Waals surface area contributed by atoms with E-state index in [1.807, 2.05) is 16.8 Å². The lowest BCUT2D eigenvalue weighted by molar-refractivity contribution is 0.394. The molecule has 2 aromatic rings. The molecule has 0 amide bonds. The number of hydrogen-bond donors (Lipinski definition) is 0. The summed E-state index contributed by atoms with van der Waals surface area (Å²) in [6.07, 6.45) is 6.58. The number of nitrogens with zero attached hydrogens (tertiary/aromatic N) is 3. The van der Waals surface area contributed by atoms with Crippen LogP contribution in [0.2, 0.25) is 5.02 Å². The van der Waals surface area contributed by atoms with E-state index in [1.165, 1.54) is 12.8 Å². The van der Waals surface area contributed by atoms with Crippen LogP contribution in [-0.4, -0.2) is 29.0 Å². The number of rotatable bonds is 6. The number of methoxy groups -OCH3 is 2. The van der Waals surface area contributed by atoms with Crippen molar-refractivity contribution in [3.63, 3.8) is 0 Å². The molecule has 0 aliphatic heterocycles. The van der Waals surface area contributed by atoms with E-state index in [4.69, 9.17) is 31.2 Å². The molecule has 0 N–H and O–H groups in total. The first kappa shape index (κ1) is 16.8. The SMILES string of the molecule is C=CCn1nc(C2CCCC2)nc1-c1cc(OC)cc(OC)c1Cl. The first-order valence-electron chi connectivity index (χ1n) is 8.15. The molecule has 1 saturated carbocycles. The minimum atomic E-state index is 0.432. The summed E-state index contributed by atoms with van der Waals surface area (Å²) in [6.45, 7) is 4.39. The number of halogens is 1. The van der Waals surface area contributed by atoms with E-state index in [-0.39, 0.29) is 0 Å². The second-order valence-electron chi connectivity index (χ2n) is 5.94. The molecule has 0 bridgehead atoms. The van der Waals surface area contributed by atoms with Crippen LogP contribution >= 0.6 is 11.6 Å². The Hall–Kier alpha value is -2.01. The molecule has 0 spiro atoms. The molecule has 1 aromatic heterocycles. The van der Waals surface area contributed by atoms with Gasteiger partial charge in [-0.05, 0) is 18.9 Å². The Morgan fingerprint density at radius 1 is 1.29 bits per heavy atom. The van der Waals surface area contributed by atoms with E-state index in [0.717, 1.165) is 30.1 Å². The highest BCUT2D eigenvalue weighted by Gasteiger charge is 2.25. The fourth-order valence-electron chi connectivity index (χ4n) is 3.17. The summed E-state index contributed by atoms with van der Waals surface area (Å²) in [4.78, 5) is 4.80. The first-order valence-corrected chi connectivity index (χ1v) is 8.53. The fraction of sp³-hybridized carbons (Fsp3) is 0.444. The summed E-state index contributed by atoms with van der Waals surface area (Å²) in [5, 5.41) is 5.21. The smallest absolute Gasteiger partial charge is 0.160 e. The van der Waals surface area contributed by atoms with Gasteiger partial charge in [0.2, 0.25) is 0 Å². The summed E-state index contributed by atoms with van der Waals surface area (Å²) in [5.41, 5.74) is 0.756. The van der Waals surface area contributed by atoms with Gasteiger partial charge in [-0.15, -0.1) is 6.58 Å². The lowest BCUT2D eigenvalue weighted by Crippen LogP contribution is -2.02. The quantitative estimate of drug-likeness (QED) is 0.724. The van der Waals surface area contributed by atoms with Crippen LogP contribution in [0, 0.1) is 0 Å². The Morgan fingerprint density at radius 2 is 2.04 bits per heavy atom. The predicted octanol–water partition coefficient (Wildman–Crippen LogP) is 4.46. The number of hydrogen-bond acceptors (Lipinski definition) is 4. The zero-order valence-corrected chi connectivity index (χ0v) is 14.8. The van der Waals surface area contributed by atoms with E-state index in [1.54, 1.807) is 20.3 Å². The molecule has 1 fully saturated rings. The van der Waals surface area contributed by atoms with Crippen LogP contribution < -0.4 is 9.47 Å². The molecule has 5 nitrogen and oxygen atoms in total. The van der Waals surface area contributed by atoms with E-state index >= 15 is 0 Å². The maximum atomic E-state index is 6.53. The average molecular weight is 348 g/mol. The van der Waals surface area contributed by atoms with Crippen molar-refractivity contribution >= 4 is 11.6 Å². The minimum absolute atomic E-state index is 0.432. The van der Waals surface area contributed by atoms with Crippen molar-refractivity contribution in [2.45, 2.75) is 38.1 Å². The van der Waals surface area contributed by atoms with E-state index in [0.29, 0.717) is 29.0 Å². The zero-order valence-electron chi connectivity index (χ0n) is 14.1. The van der Waals surface area contributed by atoms with Gasteiger partial charge in [-0.25, -0.2) is 9.67 Å². The van der Waals surface area contributed by atoms with Crippen molar-refractivity contribution in [1.29, 1.82) is 0 Å². The van der Waals surface area contributed by atoms with Crippen molar-refractivity contribution in [2.75, 3.05) is 14.2 Å². The van der Waals surface area contributed by atoms with Crippen LogP contribution in [0.1, 0.15) is 37.4 Å². The summed E-state index contributed by atoms with van der Waals surface area (Å²) < 4.78 is 12.6. The molecule has 128 valence electrons. The van der Waals surface area contributed by atoms with Gasteiger partial charge in [-0.3, -0.25) is 0 Å². The Balaban J connectivity index is 2.11. The Kier molecular flexibility index (Phi) is 5.09. The molecular formula is C18H22ClN3O2. The molecule has 1 heterocycles. The predicted molar refractivity (Wildman–Crippen MR) is 95.0 cm³/mol. The molecule has 0 radical (unpaired) electrons. The van der Waals surface area contributed by atoms with Crippen molar-refractivity contribution in [3.8, 4) is 22.9 Å². The summed E-state index contributed by atoms with van der Waals surface area (Å²) in [5.74, 6) is 3.27. The van der Waals surface area contributed by atoms with Gasteiger partial charge in [-0.1, -0.05) is 30.5 Å². The third-order valence-electron chi connectivity index (χ3n) is 4.42. The summed E-state index contributed by atoms with van der Waals surface area (Å²) in [7, 11) is 3.20. The molecule has 1 aliphatic rings. The molecule has 6 heteroatoms. The topological polar surface area (TPSA) is 49.2 Å². The molecule has 24 heavy (non-hydrogen) atoms. The molecule has 3 rings (SSSR count). The molecule has 0 atom stereocenters. The fourth-order valence-corrected chi connectivity index (χ4v) is 3.44. The monoisotopic (exact) mass is 347 g/mol. The van der Waals surface area contributed by atoms with Gasteiger partial charge < -0.3 is 9.47 Å². The first-order chi connectivity index (χ1) is 11.7. The van der Waals surface area contributed by atoms with Crippen molar-refractivity contribution < 1.29 is 9.47 Å². The number of ether oxygens (including phenoxy) is 2. The Bertz CT molecular complexity index is 736.